The first-order valence-corrected chi connectivity index (χ1v) is 11.9. The van der Waals surface area contributed by atoms with Gasteiger partial charge in [-0.25, -0.2) is 18.1 Å². The Bertz CT molecular complexity index is 1430. The zero-order chi connectivity index (χ0) is 24.5. The number of carbonyl (C=O) groups excluding carboxylic acids is 1. The van der Waals surface area contributed by atoms with Crippen LogP contribution >= 0.6 is 0 Å². The highest BCUT2D eigenvalue weighted by Gasteiger charge is 2.31. The lowest BCUT2D eigenvalue weighted by molar-refractivity contribution is -0.127. The Kier molecular flexibility index (Phi) is 6.25. The van der Waals surface area contributed by atoms with Gasteiger partial charge in [-0.15, -0.1) is 0 Å². The van der Waals surface area contributed by atoms with Crippen LogP contribution in [-0.2, 0) is 21.2 Å². The van der Waals surface area contributed by atoms with E-state index < -0.39 is 10.0 Å². The molecule has 0 bridgehead atoms. The normalized spacial score (nSPS) is 11.4. The molecule has 9 nitrogen and oxygen atoms in total. The van der Waals surface area contributed by atoms with Crippen LogP contribution in [0.3, 0.4) is 0 Å². The minimum absolute atomic E-state index is 0.00542. The highest BCUT2D eigenvalue weighted by atomic mass is 32.2. The number of amides is 1. The number of hydrogen-bond acceptors (Lipinski definition) is 7. The van der Waals surface area contributed by atoms with E-state index in [9.17, 15) is 13.2 Å². The fourth-order valence-electron chi connectivity index (χ4n) is 3.52. The standard InChI is InChI=1S/C24H24N4O5S/c1-15-16(2)26-33-23(15)27-34(30,31)22-19(24-25-12-13-32-24)11-10-18(17-8-6-5-7-9-17)20(22)14-21(29)28(3)4/h5-13,27H,14H2,1-4H3. The fraction of sp³-hybridized carbons (Fsp3) is 0.208. The van der Waals surface area contributed by atoms with Crippen molar-refractivity contribution in [3.63, 3.8) is 0 Å². The Balaban J connectivity index is 2.01. The molecule has 0 fully saturated rings. The van der Waals surface area contributed by atoms with Crippen molar-refractivity contribution in [3.05, 3.63) is 71.7 Å². The molecule has 4 aromatic rings. The third-order valence-corrected chi connectivity index (χ3v) is 6.95. The molecule has 10 heteroatoms. The number of rotatable bonds is 7. The second-order valence-electron chi connectivity index (χ2n) is 7.96. The number of nitrogens with zero attached hydrogens (tertiary/aromatic N) is 3. The predicted molar refractivity (Wildman–Crippen MR) is 127 cm³/mol. The van der Waals surface area contributed by atoms with Crippen molar-refractivity contribution >= 4 is 21.8 Å². The van der Waals surface area contributed by atoms with E-state index in [1.165, 1.54) is 17.4 Å². The second-order valence-corrected chi connectivity index (χ2v) is 9.58. The molecule has 0 aliphatic rings. The third-order valence-electron chi connectivity index (χ3n) is 5.49. The molecule has 0 spiro atoms. The van der Waals surface area contributed by atoms with Crippen molar-refractivity contribution in [1.29, 1.82) is 0 Å². The highest BCUT2D eigenvalue weighted by molar-refractivity contribution is 7.93. The van der Waals surface area contributed by atoms with Crippen LogP contribution in [0.15, 0.2) is 68.8 Å². The molecule has 0 saturated heterocycles. The number of benzene rings is 2. The Morgan fingerprint density at radius 1 is 1.06 bits per heavy atom. The summed E-state index contributed by atoms with van der Waals surface area (Å²) in [6.07, 6.45) is 2.63. The van der Waals surface area contributed by atoms with E-state index in [-0.39, 0.29) is 34.6 Å². The SMILES string of the molecule is Cc1noc(NS(=O)(=O)c2c(-c3ncco3)ccc(-c3ccccc3)c2CC(=O)N(C)C)c1C. The number of nitrogens with one attached hydrogen (secondary N) is 1. The number of sulfonamides is 1. The lowest BCUT2D eigenvalue weighted by Gasteiger charge is -2.20. The fourth-order valence-corrected chi connectivity index (χ4v) is 5.00. The molecule has 2 aromatic heterocycles. The maximum atomic E-state index is 13.8. The number of anilines is 1. The molecule has 4 rings (SSSR count). The topological polar surface area (TPSA) is 119 Å². The molecular weight excluding hydrogens is 456 g/mol. The zero-order valence-electron chi connectivity index (χ0n) is 19.2. The van der Waals surface area contributed by atoms with Crippen molar-refractivity contribution in [1.82, 2.24) is 15.0 Å². The van der Waals surface area contributed by atoms with Crippen molar-refractivity contribution in [3.8, 4) is 22.6 Å². The summed E-state index contributed by atoms with van der Waals surface area (Å²) in [5.41, 5.74) is 3.05. The molecular formula is C24H24N4O5S. The van der Waals surface area contributed by atoms with Gasteiger partial charge < -0.3 is 13.8 Å². The zero-order valence-corrected chi connectivity index (χ0v) is 20.0. The predicted octanol–water partition coefficient (Wildman–Crippen LogP) is 4.04. The number of likely N-dealkylation sites (N-methyl/N-ethyl adjacent to an activating group) is 1. The van der Waals surface area contributed by atoms with Crippen molar-refractivity contribution in [2.75, 3.05) is 18.8 Å². The van der Waals surface area contributed by atoms with E-state index in [1.807, 2.05) is 30.3 Å². The maximum Gasteiger partial charge on any atom is 0.265 e. The lowest BCUT2D eigenvalue weighted by Crippen LogP contribution is -2.26. The van der Waals surface area contributed by atoms with E-state index in [1.54, 1.807) is 40.1 Å². The van der Waals surface area contributed by atoms with Crippen LogP contribution in [0.25, 0.3) is 22.6 Å². The minimum Gasteiger partial charge on any atom is -0.444 e. The summed E-state index contributed by atoms with van der Waals surface area (Å²) in [5.74, 6) is -0.139. The molecule has 1 amide bonds. The van der Waals surface area contributed by atoms with Crippen molar-refractivity contribution in [2.24, 2.45) is 0 Å². The van der Waals surface area contributed by atoms with Crippen molar-refractivity contribution in [2.45, 2.75) is 25.2 Å². The quantitative estimate of drug-likeness (QED) is 0.424. The molecule has 0 unspecified atom stereocenters. The maximum absolute atomic E-state index is 13.8. The summed E-state index contributed by atoms with van der Waals surface area (Å²) >= 11 is 0. The van der Waals surface area contributed by atoms with Gasteiger partial charge in [0, 0.05) is 19.7 Å². The van der Waals surface area contributed by atoms with Crippen LogP contribution in [0, 0.1) is 13.8 Å². The molecule has 0 atom stereocenters. The van der Waals surface area contributed by atoms with Crippen LogP contribution in [-0.4, -0.2) is 43.5 Å². The van der Waals surface area contributed by atoms with E-state index in [4.69, 9.17) is 8.94 Å². The molecule has 0 saturated carbocycles. The Morgan fingerprint density at radius 2 is 1.76 bits per heavy atom. The molecule has 2 heterocycles. The minimum atomic E-state index is -4.27. The van der Waals surface area contributed by atoms with Crippen LogP contribution < -0.4 is 4.72 Å². The molecule has 0 radical (unpaired) electrons. The van der Waals surface area contributed by atoms with Crippen LogP contribution in [0.5, 0.6) is 0 Å². The van der Waals surface area contributed by atoms with Crippen LogP contribution in [0.4, 0.5) is 5.88 Å². The van der Waals surface area contributed by atoms with Gasteiger partial charge in [-0.2, -0.15) is 0 Å². The van der Waals surface area contributed by atoms with Gasteiger partial charge in [0.05, 0.1) is 23.9 Å². The lowest BCUT2D eigenvalue weighted by atomic mass is 9.95. The molecule has 34 heavy (non-hydrogen) atoms. The number of oxazole rings is 1. The average Bonchev–Trinajstić information content (AvgIpc) is 3.45. The number of carbonyl (C=O) groups is 1. The molecule has 1 N–H and O–H groups in total. The first kappa shape index (κ1) is 23.2. The van der Waals surface area contributed by atoms with Gasteiger partial charge >= 0.3 is 0 Å². The largest absolute Gasteiger partial charge is 0.444 e. The van der Waals surface area contributed by atoms with Gasteiger partial charge in [0.15, 0.2) is 0 Å². The smallest absolute Gasteiger partial charge is 0.265 e. The Hall–Kier alpha value is -3.92. The molecule has 0 aliphatic heterocycles. The average molecular weight is 481 g/mol. The summed E-state index contributed by atoms with van der Waals surface area (Å²) in [6, 6.07) is 12.7. The van der Waals surface area contributed by atoms with E-state index >= 15 is 0 Å². The summed E-state index contributed by atoms with van der Waals surface area (Å²) in [7, 11) is -1.03. The van der Waals surface area contributed by atoms with Crippen LogP contribution in [0.2, 0.25) is 0 Å². The van der Waals surface area contributed by atoms with Crippen LogP contribution in [0.1, 0.15) is 16.8 Å². The van der Waals surface area contributed by atoms with Gasteiger partial charge in [0.25, 0.3) is 10.0 Å². The van der Waals surface area contributed by atoms with Gasteiger partial charge in [-0.3, -0.25) is 4.79 Å². The molecule has 0 aliphatic carbocycles. The monoisotopic (exact) mass is 480 g/mol. The first-order chi connectivity index (χ1) is 16.2. The molecule has 176 valence electrons. The van der Waals surface area contributed by atoms with E-state index in [0.29, 0.717) is 22.4 Å². The van der Waals surface area contributed by atoms with Gasteiger partial charge in [-0.05, 0) is 36.6 Å². The van der Waals surface area contributed by atoms with E-state index in [0.717, 1.165) is 5.56 Å². The second kappa shape index (κ2) is 9.14. The summed E-state index contributed by atoms with van der Waals surface area (Å²) in [5, 5.41) is 3.83. The number of aromatic nitrogens is 2. The van der Waals surface area contributed by atoms with Crippen molar-refractivity contribution < 1.29 is 22.2 Å². The number of aryl methyl sites for hydroxylation is 1. The van der Waals surface area contributed by atoms with Gasteiger partial charge in [0.2, 0.25) is 17.7 Å². The summed E-state index contributed by atoms with van der Waals surface area (Å²) in [4.78, 5) is 18.3. The third kappa shape index (κ3) is 4.44. The number of hydrogen-bond donors (Lipinski definition) is 1. The summed E-state index contributed by atoms with van der Waals surface area (Å²) < 4.78 is 40.8. The van der Waals surface area contributed by atoms with Gasteiger partial charge in [0.1, 0.15) is 11.2 Å². The summed E-state index contributed by atoms with van der Waals surface area (Å²) in [6.45, 7) is 3.42. The Labute approximate surface area is 197 Å². The molecule has 2 aromatic carbocycles. The highest BCUT2D eigenvalue weighted by Crippen LogP contribution is 2.38. The first-order valence-electron chi connectivity index (χ1n) is 10.5. The Morgan fingerprint density at radius 3 is 2.35 bits per heavy atom. The van der Waals surface area contributed by atoms with E-state index in [2.05, 4.69) is 14.9 Å². The van der Waals surface area contributed by atoms with Gasteiger partial charge in [-0.1, -0.05) is 41.6 Å².